The quantitative estimate of drug-likeness (QED) is 0.628. The van der Waals surface area contributed by atoms with E-state index in [-0.39, 0.29) is 29.1 Å². The number of nitro groups is 1. The fourth-order valence-electron chi connectivity index (χ4n) is 2.76. The highest BCUT2D eigenvalue weighted by molar-refractivity contribution is 9.10. The van der Waals surface area contributed by atoms with Gasteiger partial charge >= 0.3 is 0 Å². The van der Waals surface area contributed by atoms with Crippen molar-refractivity contribution >= 4 is 27.5 Å². The number of halogens is 1. The summed E-state index contributed by atoms with van der Waals surface area (Å²) in [7, 11) is 0. The zero-order valence-corrected chi connectivity index (χ0v) is 14.4. The summed E-state index contributed by atoms with van der Waals surface area (Å²) in [4.78, 5) is 39.8. The second-order valence-electron chi connectivity index (χ2n) is 5.66. The van der Waals surface area contributed by atoms with Gasteiger partial charge in [0.05, 0.1) is 9.40 Å². The fraction of sp³-hybridized carbons (Fsp3) is 0.250. The first-order valence-corrected chi connectivity index (χ1v) is 8.11. The number of non-ortho nitro benzene ring substituents is 1. The molecule has 0 spiro atoms. The number of rotatable bonds is 2. The van der Waals surface area contributed by atoms with E-state index in [0.717, 1.165) is 11.1 Å². The third-order valence-electron chi connectivity index (χ3n) is 4.14. The molecule has 1 aromatic heterocycles. The first-order valence-electron chi connectivity index (χ1n) is 7.31. The van der Waals surface area contributed by atoms with Crippen LogP contribution in [0.3, 0.4) is 0 Å². The number of nitro benzene ring substituents is 1. The standard InChI is InChI=1S/C16H14BrN3O4/c1-9-14(17)15(21)13(7-18-9)16(22)19-5-4-10-2-3-12(20(23)24)6-11(10)8-19/h2-3,6-7H,4-5,8H2,1H3,(H,18,21). The molecule has 0 saturated heterocycles. The van der Waals surface area contributed by atoms with E-state index < -0.39 is 4.92 Å². The molecule has 1 N–H and O–H groups in total. The minimum absolute atomic E-state index is 0.000948. The molecular formula is C16H14BrN3O4. The molecule has 7 nitrogen and oxygen atoms in total. The van der Waals surface area contributed by atoms with Gasteiger partial charge in [-0.15, -0.1) is 0 Å². The molecule has 1 aliphatic heterocycles. The number of H-pyrrole nitrogens is 1. The lowest BCUT2D eigenvalue weighted by molar-refractivity contribution is -0.385. The smallest absolute Gasteiger partial charge is 0.269 e. The van der Waals surface area contributed by atoms with E-state index in [1.54, 1.807) is 17.9 Å². The van der Waals surface area contributed by atoms with Crippen molar-refractivity contribution in [3.63, 3.8) is 0 Å². The lowest BCUT2D eigenvalue weighted by Gasteiger charge is -2.28. The lowest BCUT2D eigenvalue weighted by atomic mass is 9.98. The summed E-state index contributed by atoms with van der Waals surface area (Å²) in [5.41, 5.74) is 2.08. The van der Waals surface area contributed by atoms with Crippen molar-refractivity contribution in [1.29, 1.82) is 0 Å². The molecule has 0 fully saturated rings. The van der Waals surface area contributed by atoms with E-state index in [0.29, 0.717) is 23.1 Å². The van der Waals surface area contributed by atoms with Crippen LogP contribution in [-0.4, -0.2) is 27.3 Å². The molecule has 0 aliphatic carbocycles. The number of hydrogen-bond acceptors (Lipinski definition) is 4. The number of amides is 1. The van der Waals surface area contributed by atoms with Gasteiger partial charge in [0.1, 0.15) is 5.56 Å². The number of carbonyl (C=O) groups is 1. The number of pyridine rings is 1. The molecule has 0 atom stereocenters. The molecule has 0 saturated carbocycles. The largest absolute Gasteiger partial charge is 0.363 e. The summed E-state index contributed by atoms with van der Waals surface area (Å²) >= 11 is 3.18. The third-order valence-corrected chi connectivity index (χ3v) is 5.09. The van der Waals surface area contributed by atoms with Gasteiger partial charge in [-0.2, -0.15) is 0 Å². The van der Waals surface area contributed by atoms with Crippen LogP contribution in [0, 0.1) is 17.0 Å². The highest BCUT2D eigenvalue weighted by Gasteiger charge is 2.25. The van der Waals surface area contributed by atoms with Crippen molar-refractivity contribution in [3.8, 4) is 0 Å². The van der Waals surface area contributed by atoms with Gasteiger partial charge in [-0.1, -0.05) is 6.07 Å². The third kappa shape index (κ3) is 2.84. The first-order chi connectivity index (χ1) is 11.4. The van der Waals surface area contributed by atoms with Gasteiger partial charge in [0.2, 0.25) is 5.43 Å². The van der Waals surface area contributed by atoms with Gasteiger partial charge in [0, 0.05) is 37.1 Å². The van der Waals surface area contributed by atoms with Crippen molar-refractivity contribution in [2.45, 2.75) is 19.9 Å². The van der Waals surface area contributed by atoms with Gasteiger partial charge in [0.25, 0.3) is 11.6 Å². The summed E-state index contributed by atoms with van der Waals surface area (Å²) in [5, 5.41) is 10.9. The number of hydrogen-bond donors (Lipinski definition) is 1. The molecule has 124 valence electrons. The number of benzene rings is 1. The number of aryl methyl sites for hydroxylation is 1. The van der Waals surface area contributed by atoms with Crippen molar-refractivity contribution in [3.05, 3.63) is 71.6 Å². The van der Waals surface area contributed by atoms with E-state index in [1.165, 1.54) is 18.3 Å². The van der Waals surface area contributed by atoms with Crippen LogP contribution in [0.1, 0.15) is 27.2 Å². The predicted molar refractivity (Wildman–Crippen MR) is 91.0 cm³/mol. The van der Waals surface area contributed by atoms with E-state index in [2.05, 4.69) is 20.9 Å². The Hall–Kier alpha value is -2.48. The average Bonchev–Trinajstić information content (AvgIpc) is 2.58. The van der Waals surface area contributed by atoms with Crippen LogP contribution in [0.5, 0.6) is 0 Å². The maximum Gasteiger partial charge on any atom is 0.269 e. The molecular weight excluding hydrogens is 378 g/mol. The van der Waals surface area contributed by atoms with Crippen molar-refractivity contribution < 1.29 is 9.72 Å². The van der Waals surface area contributed by atoms with E-state index >= 15 is 0 Å². The molecule has 8 heteroatoms. The molecule has 1 aromatic carbocycles. The summed E-state index contributed by atoms with van der Waals surface area (Å²) in [5.74, 6) is -0.380. The number of fused-ring (bicyclic) bond motifs is 1. The zero-order valence-electron chi connectivity index (χ0n) is 12.8. The van der Waals surface area contributed by atoms with Crippen LogP contribution in [-0.2, 0) is 13.0 Å². The molecule has 2 aromatic rings. The highest BCUT2D eigenvalue weighted by atomic mass is 79.9. The summed E-state index contributed by atoms with van der Waals surface area (Å²) in [6.45, 7) is 2.45. The first kappa shape index (κ1) is 16.4. The molecule has 0 bridgehead atoms. The topological polar surface area (TPSA) is 96.3 Å². The van der Waals surface area contributed by atoms with Crippen LogP contribution in [0.15, 0.2) is 33.7 Å². The van der Waals surface area contributed by atoms with Gasteiger partial charge in [0.15, 0.2) is 0 Å². The number of nitrogens with one attached hydrogen (secondary N) is 1. The highest BCUT2D eigenvalue weighted by Crippen LogP contribution is 2.24. The Labute approximate surface area is 145 Å². The van der Waals surface area contributed by atoms with Gasteiger partial charge in [-0.05, 0) is 40.4 Å². The second kappa shape index (κ2) is 6.20. The Morgan fingerprint density at radius 1 is 1.38 bits per heavy atom. The second-order valence-corrected chi connectivity index (χ2v) is 6.45. The summed E-state index contributed by atoms with van der Waals surface area (Å²) in [6.07, 6.45) is 2.01. The Morgan fingerprint density at radius 2 is 2.12 bits per heavy atom. The lowest BCUT2D eigenvalue weighted by Crippen LogP contribution is -2.38. The minimum Gasteiger partial charge on any atom is -0.363 e. The van der Waals surface area contributed by atoms with Crippen LogP contribution >= 0.6 is 15.9 Å². The van der Waals surface area contributed by atoms with E-state index in [1.807, 2.05) is 0 Å². The zero-order chi connectivity index (χ0) is 17.4. The molecule has 2 heterocycles. The molecule has 3 rings (SSSR count). The van der Waals surface area contributed by atoms with Crippen molar-refractivity contribution in [1.82, 2.24) is 9.88 Å². The SMILES string of the molecule is Cc1[nH]cc(C(=O)N2CCc3ccc([N+](=O)[O-])cc3C2)c(=O)c1Br. The van der Waals surface area contributed by atoms with Crippen LogP contribution < -0.4 is 5.43 Å². The number of aromatic nitrogens is 1. The average molecular weight is 392 g/mol. The molecule has 0 radical (unpaired) electrons. The summed E-state index contributed by atoms with van der Waals surface area (Å²) in [6, 6.07) is 4.69. The van der Waals surface area contributed by atoms with Crippen LogP contribution in [0.4, 0.5) is 5.69 Å². The van der Waals surface area contributed by atoms with E-state index in [4.69, 9.17) is 0 Å². The molecule has 0 unspecified atom stereocenters. The summed E-state index contributed by atoms with van der Waals surface area (Å²) < 4.78 is 0.335. The van der Waals surface area contributed by atoms with Gasteiger partial charge in [-0.3, -0.25) is 19.7 Å². The Balaban J connectivity index is 1.91. The Bertz CT molecular complexity index is 907. The molecule has 1 aliphatic rings. The van der Waals surface area contributed by atoms with Crippen LogP contribution in [0.25, 0.3) is 0 Å². The van der Waals surface area contributed by atoms with Gasteiger partial charge in [-0.25, -0.2) is 0 Å². The maximum absolute atomic E-state index is 12.7. The number of carbonyl (C=O) groups excluding carboxylic acids is 1. The van der Waals surface area contributed by atoms with E-state index in [9.17, 15) is 19.7 Å². The predicted octanol–water partition coefficient (Wildman–Crippen LogP) is 2.55. The Morgan fingerprint density at radius 3 is 2.83 bits per heavy atom. The van der Waals surface area contributed by atoms with Crippen LogP contribution in [0.2, 0.25) is 0 Å². The van der Waals surface area contributed by atoms with Crippen molar-refractivity contribution in [2.24, 2.45) is 0 Å². The Kier molecular flexibility index (Phi) is 4.23. The van der Waals surface area contributed by atoms with Gasteiger partial charge < -0.3 is 9.88 Å². The van der Waals surface area contributed by atoms with Crippen molar-refractivity contribution in [2.75, 3.05) is 6.54 Å². The fourth-order valence-corrected chi connectivity index (χ4v) is 3.09. The maximum atomic E-state index is 12.7. The molecule has 1 amide bonds. The normalized spacial score (nSPS) is 13.5. The molecule has 24 heavy (non-hydrogen) atoms. The number of aromatic amines is 1. The minimum atomic E-state index is -0.456. The monoisotopic (exact) mass is 391 g/mol. The number of nitrogens with zero attached hydrogens (tertiary/aromatic N) is 2.